The maximum absolute atomic E-state index is 5.10. The number of aliphatic imine (C=N–C) groups is 1. The molecule has 1 rings (SSSR count). The lowest BCUT2D eigenvalue weighted by Gasteiger charge is -2.17. The number of guanidine groups is 1. The van der Waals surface area contributed by atoms with E-state index < -0.39 is 0 Å². The van der Waals surface area contributed by atoms with Gasteiger partial charge in [0.15, 0.2) is 5.96 Å². The Balaban J connectivity index is 2.50. The van der Waals surface area contributed by atoms with Crippen LogP contribution in [0.5, 0.6) is 0 Å². The molecule has 1 unspecified atom stereocenters. The van der Waals surface area contributed by atoms with Crippen molar-refractivity contribution in [3.05, 3.63) is 18.2 Å². The van der Waals surface area contributed by atoms with Gasteiger partial charge in [0, 0.05) is 39.1 Å². The maximum Gasteiger partial charge on any atom is 0.191 e. The third-order valence-electron chi connectivity index (χ3n) is 2.80. The second-order valence-corrected chi connectivity index (χ2v) is 5.32. The normalized spacial score (nSPS) is 13.6. The van der Waals surface area contributed by atoms with Crippen molar-refractivity contribution in [2.75, 3.05) is 20.8 Å². The number of ether oxygens (including phenoxy) is 1. The molecule has 0 aliphatic carbocycles. The molecule has 0 bridgehead atoms. The summed E-state index contributed by atoms with van der Waals surface area (Å²) in [6, 6.07) is 0.210. The highest BCUT2D eigenvalue weighted by molar-refractivity contribution is 5.79. The average molecular weight is 281 g/mol. The van der Waals surface area contributed by atoms with Gasteiger partial charge < -0.3 is 19.9 Å². The molecule has 0 fully saturated rings. The maximum atomic E-state index is 5.10. The lowest BCUT2D eigenvalue weighted by atomic mass is 10.2. The van der Waals surface area contributed by atoms with E-state index >= 15 is 0 Å². The van der Waals surface area contributed by atoms with Gasteiger partial charge >= 0.3 is 0 Å². The third-order valence-corrected chi connectivity index (χ3v) is 2.80. The Labute approximate surface area is 121 Å². The average Bonchev–Trinajstić information content (AvgIpc) is 2.81. The number of imidazole rings is 1. The van der Waals surface area contributed by atoms with Crippen LogP contribution in [0.3, 0.4) is 0 Å². The molecule has 20 heavy (non-hydrogen) atoms. The molecule has 2 N–H and O–H groups in total. The molecule has 0 aliphatic rings. The highest BCUT2D eigenvalue weighted by atomic mass is 16.5. The van der Waals surface area contributed by atoms with Gasteiger partial charge in [-0.15, -0.1) is 0 Å². The van der Waals surface area contributed by atoms with Crippen molar-refractivity contribution in [3.8, 4) is 0 Å². The molecular weight excluding hydrogens is 254 g/mol. The van der Waals surface area contributed by atoms with Crippen molar-refractivity contribution < 1.29 is 4.74 Å². The fraction of sp³-hybridized carbons (Fsp3) is 0.714. The van der Waals surface area contributed by atoms with Gasteiger partial charge in [0.05, 0.1) is 13.2 Å². The molecule has 0 radical (unpaired) electrons. The van der Waals surface area contributed by atoms with Gasteiger partial charge in [0.2, 0.25) is 0 Å². The molecule has 114 valence electrons. The van der Waals surface area contributed by atoms with E-state index in [0.717, 1.165) is 18.3 Å². The van der Waals surface area contributed by atoms with Crippen molar-refractivity contribution in [1.82, 2.24) is 20.2 Å². The van der Waals surface area contributed by atoms with Crippen molar-refractivity contribution in [1.29, 1.82) is 0 Å². The second-order valence-electron chi connectivity index (χ2n) is 5.32. The second kappa shape index (κ2) is 8.58. The van der Waals surface area contributed by atoms with Crippen molar-refractivity contribution in [2.45, 2.75) is 39.9 Å². The monoisotopic (exact) mass is 281 g/mol. The molecule has 1 aromatic rings. The highest BCUT2D eigenvalue weighted by Gasteiger charge is 2.07. The molecule has 6 heteroatoms. The molecular formula is C14H27N5O. The van der Waals surface area contributed by atoms with E-state index in [1.807, 2.05) is 12.4 Å². The number of nitrogens with one attached hydrogen (secondary N) is 2. The predicted molar refractivity (Wildman–Crippen MR) is 81.7 cm³/mol. The van der Waals surface area contributed by atoms with E-state index in [0.29, 0.717) is 19.1 Å². The first kappa shape index (κ1) is 16.5. The van der Waals surface area contributed by atoms with E-state index in [1.165, 1.54) is 0 Å². The predicted octanol–water partition coefficient (Wildman–Crippen LogP) is 1.24. The van der Waals surface area contributed by atoms with Crippen molar-refractivity contribution in [3.63, 3.8) is 0 Å². The highest BCUT2D eigenvalue weighted by Crippen LogP contribution is 2.03. The summed E-state index contributed by atoms with van der Waals surface area (Å²) in [5.74, 6) is 2.37. The van der Waals surface area contributed by atoms with E-state index in [2.05, 4.69) is 45.9 Å². The van der Waals surface area contributed by atoms with Gasteiger partial charge in [-0.3, -0.25) is 4.99 Å². The zero-order chi connectivity index (χ0) is 15.0. The van der Waals surface area contributed by atoms with Gasteiger partial charge in [0.1, 0.15) is 5.82 Å². The Morgan fingerprint density at radius 3 is 2.80 bits per heavy atom. The molecule has 0 saturated heterocycles. The smallest absolute Gasteiger partial charge is 0.191 e. The molecule has 1 aromatic heterocycles. The van der Waals surface area contributed by atoms with E-state index in [4.69, 9.17) is 4.74 Å². The Morgan fingerprint density at radius 1 is 1.45 bits per heavy atom. The summed E-state index contributed by atoms with van der Waals surface area (Å²) in [7, 11) is 3.45. The van der Waals surface area contributed by atoms with E-state index in [9.17, 15) is 0 Å². The largest absolute Gasteiger partial charge is 0.383 e. The topological polar surface area (TPSA) is 63.5 Å². The van der Waals surface area contributed by atoms with Crippen molar-refractivity contribution in [2.24, 2.45) is 10.9 Å². The van der Waals surface area contributed by atoms with E-state index in [1.54, 1.807) is 14.2 Å². The van der Waals surface area contributed by atoms with Gasteiger partial charge in [-0.05, 0) is 12.8 Å². The number of aromatic nitrogens is 2. The first-order valence-electron chi connectivity index (χ1n) is 7.03. The van der Waals surface area contributed by atoms with E-state index in [-0.39, 0.29) is 6.04 Å². The quantitative estimate of drug-likeness (QED) is 0.583. The SMILES string of the molecule is CN=C(NCc1nccn1CC(C)C)NC(C)COC. The van der Waals surface area contributed by atoms with Crippen LogP contribution in [0.15, 0.2) is 17.4 Å². The fourth-order valence-electron chi connectivity index (χ4n) is 1.95. The number of methoxy groups -OCH3 is 1. The Hall–Kier alpha value is -1.56. The Kier molecular flexibility index (Phi) is 7.08. The minimum Gasteiger partial charge on any atom is -0.383 e. The van der Waals surface area contributed by atoms with Crippen LogP contribution in [0, 0.1) is 5.92 Å². The van der Waals surface area contributed by atoms with Crippen LogP contribution in [0.25, 0.3) is 0 Å². The summed E-state index contributed by atoms with van der Waals surface area (Å²) in [4.78, 5) is 8.59. The van der Waals surface area contributed by atoms with Crippen LogP contribution in [0.1, 0.15) is 26.6 Å². The first-order valence-corrected chi connectivity index (χ1v) is 7.03. The lowest BCUT2D eigenvalue weighted by molar-refractivity contribution is 0.179. The minimum absolute atomic E-state index is 0.210. The zero-order valence-electron chi connectivity index (χ0n) is 13.2. The Morgan fingerprint density at radius 2 is 2.20 bits per heavy atom. The molecule has 0 spiro atoms. The molecule has 0 amide bonds. The zero-order valence-corrected chi connectivity index (χ0v) is 13.2. The van der Waals surface area contributed by atoms with Crippen molar-refractivity contribution >= 4 is 5.96 Å². The number of nitrogens with zero attached hydrogens (tertiary/aromatic N) is 3. The lowest BCUT2D eigenvalue weighted by Crippen LogP contribution is -2.43. The standard InChI is InChI=1S/C14H27N5O/c1-11(2)9-19-7-6-16-13(19)8-17-14(15-4)18-12(3)10-20-5/h6-7,11-12H,8-10H2,1-5H3,(H2,15,17,18). The number of hydrogen-bond donors (Lipinski definition) is 2. The first-order chi connectivity index (χ1) is 9.56. The molecule has 0 aliphatic heterocycles. The van der Waals surface area contributed by atoms with Gasteiger partial charge in [-0.2, -0.15) is 0 Å². The van der Waals surface area contributed by atoms with Gasteiger partial charge in [-0.1, -0.05) is 13.8 Å². The molecule has 0 aromatic carbocycles. The summed E-state index contributed by atoms with van der Waals surface area (Å²) in [5.41, 5.74) is 0. The van der Waals surface area contributed by atoms with Crippen LogP contribution in [-0.4, -0.2) is 42.3 Å². The molecule has 1 heterocycles. The molecule has 0 saturated carbocycles. The molecule has 6 nitrogen and oxygen atoms in total. The summed E-state index contributed by atoms with van der Waals surface area (Å²) < 4.78 is 7.27. The Bertz CT molecular complexity index is 413. The van der Waals surface area contributed by atoms with Crippen LogP contribution in [0.4, 0.5) is 0 Å². The van der Waals surface area contributed by atoms with Crippen LogP contribution >= 0.6 is 0 Å². The number of hydrogen-bond acceptors (Lipinski definition) is 3. The summed E-state index contributed by atoms with van der Waals surface area (Å²) >= 11 is 0. The van der Waals surface area contributed by atoms with Crippen LogP contribution in [-0.2, 0) is 17.8 Å². The van der Waals surface area contributed by atoms with Crippen LogP contribution < -0.4 is 10.6 Å². The minimum atomic E-state index is 0.210. The van der Waals surface area contributed by atoms with Gasteiger partial charge in [0.25, 0.3) is 0 Å². The summed E-state index contributed by atoms with van der Waals surface area (Å²) in [6.45, 7) is 8.72. The van der Waals surface area contributed by atoms with Crippen LogP contribution in [0.2, 0.25) is 0 Å². The number of rotatable bonds is 7. The molecule has 1 atom stereocenters. The van der Waals surface area contributed by atoms with Gasteiger partial charge in [-0.25, -0.2) is 4.98 Å². The third kappa shape index (κ3) is 5.61. The summed E-state index contributed by atoms with van der Waals surface area (Å²) in [5, 5.41) is 6.54. The fourth-order valence-corrected chi connectivity index (χ4v) is 1.95. The summed E-state index contributed by atoms with van der Waals surface area (Å²) in [6.07, 6.45) is 3.85.